The van der Waals surface area contributed by atoms with Crippen molar-refractivity contribution in [2.24, 2.45) is 0 Å². The van der Waals surface area contributed by atoms with Gasteiger partial charge in [0.05, 0.1) is 10.9 Å². The minimum atomic E-state index is -3.72. The highest BCUT2D eigenvalue weighted by Gasteiger charge is 2.18. The van der Waals surface area contributed by atoms with Crippen LogP contribution in [0.3, 0.4) is 0 Å². The fraction of sp³-hybridized carbons (Fsp3) is 0.227. The average molecular weight is 444 g/mol. The predicted octanol–water partition coefficient (Wildman–Crippen LogP) is 3.89. The van der Waals surface area contributed by atoms with Crippen molar-refractivity contribution >= 4 is 33.0 Å². The molecule has 0 radical (unpaired) electrons. The summed E-state index contributed by atoms with van der Waals surface area (Å²) in [6, 6.07) is 17.1. The molecule has 1 unspecified atom stereocenters. The zero-order valence-corrected chi connectivity index (χ0v) is 18.8. The Morgan fingerprint density at radius 1 is 1.03 bits per heavy atom. The van der Waals surface area contributed by atoms with Crippen LogP contribution in [-0.2, 0) is 10.0 Å². The number of carbonyl (C=O) groups excluding carboxylic acids is 1. The van der Waals surface area contributed by atoms with Crippen molar-refractivity contribution in [1.82, 2.24) is 10.2 Å². The summed E-state index contributed by atoms with van der Waals surface area (Å²) in [7, 11) is 0.217. The van der Waals surface area contributed by atoms with E-state index in [2.05, 4.69) is 14.9 Å². The van der Waals surface area contributed by atoms with Crippen molar-refractivity contribution in [3.63, 3.8) is 0 Å². The molecule has 0 aliphatic carbocycles. The van der Waals surface area contributed by atoms with E-state index in [1.165, 1.54) is 29.1 Å². The molecule has 6 nitrogen and oxygen atoms in total. The number of nitrogens with zero attached hydrogens (tertiary/aromatic N) is 1. The quantitative estimate of drug-likeness (QED) is 0.554. The number of hydrogen-bond donors (Lipinski definition) is 2. The number of anilines is 1. The molecule has 2 N–H and O–H groups in total. The van der Waals surface area contributed by atoms with E-state index in [4.69, 9.17) is 0 Å². The minimum absolute atomic E-state index is 0.0762. The first-order valence-electron chi connectivity index (χ1n) is 9.44. The van der Waals surface area contributed by atoms with E-state index >= 15 is 0 Å². The fourth-order valence-electron chi connectivity index (χ4n) is 2.93. The first-order valence-corrected chi connectivity index (χ1v) is 11.8. The zero-order chi connectivity index (χ0) is 21.7. The van der Waals surface area contributed by atoms with Crippen molar-refractivity contribution in [2.75, 3.05) is 25.4 Å². The Morgan fingerprint density at radius 3 is 2.27 bits per heavy atom. The zero-order valence-electron chi connectivity index (χ0n) is 17.1. The van der Waals surface area contributed by atoms with E-state index in [1.54, 1.807) is 23.5 Å². The lowest BCUT2D eigenvalue weighted by Crippen LogP contribution is -2.34. The summed E-state index contributed by atoms with van der Waals surface area (Å²) in [5, 5.41) is 4.94. The minimum Gasteiger partial charge on any atom is -0.350 e. The molecular weight excluding hydrogens is 418 g/mol. The van der Waals surface area contributed by atoms with Gasteiger partial charge in [0, 0.05) is 22.7 Å². The van der Waals surface area contributed by atoms with Gasteiger partial charge in [0.1, 0.15) is 0 Å². The topological polar surface area (TPSA) is 78.5 Å². The van der Waals surface area contributed by atoms with Crippen LogP contribution in [0.2, 0.25) is 0 Å². The van der Waals surface area contributed by atoms with Crippen LogP contribution in [0, 0.1) is 6.92 Å². The Kier molecular flexibility index (Phi) is 6.91. The lowest BCUT2D eigenvalue weighted by molar-refractivity contribution is 0.0942. The molecule has 158 valence electrons. The lowest BCUT2D eigenvalue weighted by atomic mass is 10.2. The molecule has 0 bridgehead atoms. The van der Waals surface area contributed by atoms with Gasteiger partial charge in [0.15, 0.2) is 0 Å². The van der Waals surface area contributed by atoms with Gasteiger partial charge < -0.3 is 10.2 Å². The maximum Gasteiger partial charge on any atom is 0.261 e. The number of nitrogens with one attached hydrogen (secondary N) is 2. The number of amides is 1. The number of hydrogen-bond acceptors (Lipinski definition) is 5. The molecule has 3 rings (SSSR count). The number of aryl methyl sites for hydroxylation is 1. The van der Waals surface area contributed by atoms with Crippen LogP contribution >= 0.6 is 11.3 Å². The molecule has 8 heteroatoms. The molecule has 1 amide bonds. The number of carbonyl (C=O) groups is 1. The van der Waals surface area contributed by atoms with Gasteiger partial charge in [0.2, 0.25) is 0 Å². The second kappa shape index (κ2) is 9.42. The van der Waals surface area contributed by atoms with E-state index in [9.17, 15) is 13.2 Å². The summed E-state index contributed by atoms with van der Waals surface area (Å²) in [6.07, 6.45) is 0. The van der Waals surface area contributed by atoms with E-state index in [0.29, 0.717) is 17.8 Å². The third-order valence-corrected chi connectivity index (χ3v) is 7.05. The highest BCUT2D eigenvalue weighted by Crippen LogP contribution is 2.22. The van der Waals surface area contributed by atoms with Crippen LogP contribution in [0.1, 0.15) is 26.8 Å². The molecule has 3 aromatic rings. The first kappa shape index (κ1) is 22.0. The van der Waals surface area contributed by atoms with Gasteiger partial charge in [-0.3, -0.25) is 9.52 Å². The molecule has 0 aliphatic heterocycles. The monoisotopic (exact) mass is 443 g/mol. The lowest BCUT2D eigenvalue weighted by Gasteiger charge is -2.23. The number of sulfonamides is 1. The summed E-state index contributed by atoms with van der Waals surface area (Å²) in [4.78, 5) is 15.9. The third kappa shape index (κ3) is 5.47. The van der Waals surface area contributed by atoms with Gasteiger partial charge in [-0.05, 0) is 68.9 Å². The van der Waals surface area contributed by atoms with Gasteiger partial charge in [-0.15, -0.1) is 11.3 Å². The van der Waals surface area contributed by atoms with Crippen LogP contribution < -0.4 is 10.0 Å². The Balaban J connectivity index is 1.65. The van der Waals surface area contributed by atoms with Crippen molar-refractivity contribution in [1.29, 1.82) is 0 Å². The number of benzene rings is 2. The largest absolute Gasteiger partial charge is 0.350 e. The molecule has 0 aliphatic rings. The standard InChI is InChI=1S/C22H25N3O3S2/c1-16-6-10-18(11-7-16)24-30(27,28)19-12-8-17(9-13-19)22(26)23-15-20(25(2)3)21-5-4-14-29-21/h4-14,20,24H,15H2,1-3H3,(H,23,26). The molecule has 0 saturated carbocycles. The van der Waals surface area contributed by atoms with Crippen molar-refractivity contribution in [3.05, 3.63) is 82.0 Å². The second-order valence-electron chi connectivity index (χ2n) is 7.20. The molecule has 1 aromatic heterocycles. The molecule has 0 spiro atoms. The van der Waals surface area contributed by atoms with E-state index < -0.39 is 10.0 Å². The molecular formula is C22H25N3O3S2. The predicted molar refractivity (Wildman–Crippen MR) is 122 cm³/mol. The van der Waals surface area contributed by atoms with Crippen LogP contribution in [0.4, 0.5) is 5.69 Å². The van der Waals surface area contributed by atoms with E-state index in [-0.39, 0.29) is 16.8 Å². The maximum absolute atomic E-state index is 12.6. The van der Waals surface area contributed by atoms with Gasteiger partial charge in [-0.2, -0.15) is 0 Å². The summed E-state index contributed by atoms with van der Waals surface area (Å²) in [6.45, 7) is 2.39. The molecule has 0 saturated heterocycles. The SMILES string of the molecule is Cc1ccc(NS(=O)(=O)c2ccc(C(=O)NCC(c3cccs3)N(C)C)cc2)cc1. The molecule has 1 heterocycles. The average Bonchev–Trinajstić information content (AvgIpc) is 3.24. The Bertz CT molecular complexity index is 1080. The molecule has 1 atom stereocenters. The van der Waals surface area contributed by atoms with Gasteiger partial charge in [-0.1, -0.05) is 23.8 Å². The van der Waals surface area contributed by atoms with Crippen LogP contribution in [0.5, 0.6) is 0 Å². The summed E-state index contributed by atoms with van der Waals surface area (Å²) in [5.41, 5.74) is 1.95. The summed E-state index contributed by atoms with van der Waals surface area (Å²) < 4.78 is 27.7. The van der Waals surface area contributed by atoms with Crippen LogP contribution in [-0.4, -0.2) is 39.9 Å². The Hall–Kier alpha value is -2.68. The fourth-order valence-corrected chi connectivity index (χ4v) is 4.91. The third-order valence-electron chi connectivity index (χ3n) is 4.68. The molecule has 2 aromatic carbocycles. The molecule has 30 heavy (non-hydrogen) atoms. The number of likely N-dealkylation sites (N-methyl/N-ethyl adjacent to an activating group) is 1. The molecule has 0 fully saturated rings. The van der Waals surface area contributed by atoms with E-state index in [0.717, 1.165) is 5.56 Å². The highest BCUT2D eigenvalue weighted by molar-refractivity contribution is 7.92. The number of thiophene rings is 1. The van der Waals surface area contributed by atoms with Gasteiger partial charge in [0.25, 0.3) is 15.9 Å². The van der Waals surface area contributed by atoms with Crippen LogP contribution in [0.15, 0.2) is 70.9 Å². The summed E-state index contributed by atoms with van der Waals surface area (Å²) in [5.74, 6) is -0.242. The Labute approximate surface area is 181 Å². The van der Waals surface area contributed by atoms with Gasteiger partial charge >= 0.3 is 0 Å². The van der Waals surface area contributed by atoms with Crippen molar-refractivity contribution in [2.45, 2.75) is 17.9 Å². The highest BCUT2D eigenvalue weighted by atomic mass is 32.2. The van der Waals surface area contributed by atoms with E-state index in [1.807, 2.05) is 50.7 Å². The first-order chi connectivity index (χ1) is 14.3. The van der Waals surface area contributed by atoms with Crippen molar-refractivity contribution in [3.8, 4) is 0 Å². The normalized spacial score (nSPS) is 12.5. The Morgan fingerprint density at radius 2 is 1.70 bits per heavy atom. The number of rotatable bonds is 8. The van der Waals surface area contributed by atoms with Crippen LogP contribution in [0.25, 0.3) is 0 Å². The smallest absolute Gasteiger partial charge is 0.261 e. The van der Waals surface area contributed by atoms with Gasteiger partial charge in [-0.25, -0.2) is 8.42 Å². The van der Waals surface area contributed by atoms with Crippen molar-refractivity contribution < 1.29 is 13.2 Å². The summed E-state index contributed by atoms with van der Waals surface area (Å²) >= 11 is 1.65. The maximum atomic E-state index is 12.6. The second-order valence-corrected chi connectivity index (χ2v) is 9.86.